The number of rotatable bonds is 4. The third-order valence-electron chi connectivity index (χ3n) is 4.40. The molecule has 0 spiro atoms. The molecule has 1 atom stereocenters. The van der Waals surface area contributed by atoms with E-state index in [2.05, 4.69) is 33.7 Å². The van der Waals surface area contributed by atoms with Crippen molar-refractivity contribution in [1.29, 1.82) is 0 Å². The maximum Gasteiger partial charge on any atom is 0.490 e. The summed E-state index contributed by atoms with van der Waals surface area (Å²) in [5.41, 5.74) is 7.87. The van der Waals surface area contributed by atoms with Crippen molar-refractivity contribution in [2.24, 2.45) is 11.7 Å². The number of carbonyl (C=O) groups excluding carboxylic acids is 1. The highest BCUT2D eigenvalue weighted by molar-refractivity contribution is 5.77. The van der Waals surface area contributed by atoms with Gasteiger partial charge in [-0.1, -0.05) is 12.1 Å². The summed E-state index contributed by atoms with van der Waals surface area (Å²) in [5, 5.41) is 7.12. The summed E-state index contributed by atoms with van der Waals surface area (Å²) in [6, 6.07) is 12.6. The second-order valence-electron chi connectivity index (χ2n) is 6.54. The third kappa shape index (κ3) is 6.41. The van der Waals surface area contributed by atoms with Crippen LogP contribution in [0.1, 0.15) is 18.4 Å². The van der Waals surface area contributed by atoms with E-state index >= 15 is 0 Å². The van der Waals surface area contributed by atoms with Crippen LogP contribution in [0.2, 0.25) is 0 Å². The number of hydrogen-bond acceptors (Lipinski definition) is 3. The highest BCUT2D eigenvalue weighted by Gasteiger charge is 2.38. The number of carboxylic acids is 1. The van der Waals surface area contributed by atoms with E-state index in [1.807, 2.05) is 24.5 Å². The van der Waals surface area contributed by atoms with Gasteiger partial charge in [-0.3, -0.25) is 9.69 Å². The van der Waals surface area contributed by atoms with Crippen LogP contribution in [0.3, 0.4) is 0 Å². The zero-order valence-electron chi connectivity index (χ0n) is 15.1. The van der Waals surface area contributed by atoms with Crippen molar-refractivity contribution in [2.75, 3.05) is 13.1 Å². The molecule has 3 N–H and O–H groups in total. The van der Waals surface area contributed by atoms with Gasteiger partial charge in [-0.2, -0.15) is 13.2 Å². The first-order valence-corrected chi connectivity index (χ1v) is 8.71. The Morgan fingerprint density at radius 2 is 1.71 bits per heavy atom. The van der Waals surface area contributed by atoms with Crippen LogP contribution in [0.5, 0.6) is 0 Å². The van der Waals surface area contributed by atoms with Crippen molar-refractivity contribution >= 4 is 11.9 Å². The summed E-state index contributed by atoms with van der Waals surface area (Å²) in [6.07, 6.45) is 0.974. The van der Waals surface area contributed by atoms with Crippen LogP contribution >= 0.6 is 0 Å². The van der Waals surface area contributed by atoms with Crippen LogP contribution in [0, 0.1) is 5.92 Å². The third-order valence-corrected chi connectivity index (χ3v) is 4.40. The number of benzene rings is 1. The van der Waals surface area contributed by atoms with E-state index in [0.29, 0.717) is 0 Å². The lowest BCUT2D eigenvalue weighted by molar-refractivity contribution is -0.192. The molecule has 0 bridgehead atoms. The van der Waals surface area contributed by atoms with E-state index in [1.165, 1.54) is 5.56 Å². The minimum absolute atomic E-state index is 0.0119. The van der Waals surface area contributed by atoms with Gasteiger partial charge in [-0.25, -0.2) is 4.79 Å². The largest absolute Gasteiger partial charge is 0.490 e. The van der Waals surface area contributed by atoms with Crippen LogP contribution in [0.15, 0.2) is 48.8 Å². The molecule has 1 unspecified atom stereocenters. The average Bonchev–Trinajstić information content (AvgIpc) is 3.17. The van der Waals surface area contributed by atoms with Gasteiger partial charge in [0.25, 0.3) is 0 Å². The molecule has 2 heterocycles. The van der Waals surface area contributed by atoms with Crippen LogP contribution < -0.4 is 5.73 Å². The summed E-state index contributed by atoms with van der Waals surface area (Å²) >= 11 is 0. The molecule has 1 fully saturated rings. The lowest BCUT2D eigenvalue weighted by atomic mass is 9.97. The molecule has 6 nitrogen and oxygen atoms in total. The van der Waals surface area contributed by atoms with Crippen molar-refractivity contribution < 1.29 is 27.9 Å². The molecule has 2 aromatic rings. The van der Waals surface area contributed by atoms with Crippen molar-refractivity contribution in [3.63, 3.8) is 0 Å². The number of aliphatic carboxylic acids is 1. The molecule has 9 heteroatoms. The SMILES string of the molecule is NC(=O)C1CCCN(Cc2ccc(-n3cccc3)cc2)C1.O=C(O)C(F)(F)F. The average molecular weight is 397 g/mol. The Bertz CT molecular complexity index is 774. The lowest BCUT2D eigenvalue weighted by Crippen LogP contribution is -2.40. The van der Waals surface area contributed by atoms with Crippen LogP contribution in [-0.2, 0) is 16.1 Å². The van der Waals surface area contributed by atoms with E-state index in [4.69, 9.17) is 15.6 Å². The fraction of sp³-hybridized carbons (Fsp3) is 0.368. The van der Waals surface area contributed by atoms with E-state index in [0.717, 1.165) is 38.2 Å². The normalized spacial score (nSPS) is 17.5. The Balaban J connectivity index is 0.000000345. The van der Waals surface area contributed by atoms with Gasteiger partial charge in [-0.05, 0) is 49.2 Å². The summed E-state index contributed by atoms with van der Waals surface area (Å²) in [4.78, 5) is 22.5. The molecule has 152 valence electrons. The number of carboxylic acid groups (broad SMARTS) is 1. The van der Waals surface area contributed by atoms with Gasteiger partial charge in [-0.15, -0.1) is 0 Å². The van der Waals surface area contributed by atoms with Crippen molar-refractivity contribution in [3.05, 3.63) is 54.4 Å². The number of likely N-dealkylation sites (tertiary alicyclic amines) is 1. The summed E-state index contributed by atoms with van der Waals surface area (Å²) in [5.74, 6) is -2.91. The smallest absolute Gasteiger partial charge is 0.475 e. The number of amides is 1. The van der Waals surface area contributed by atoms with E-state index in [1.54, 1.807) is 0 Å². The van der Waals surface area contributed by atoms with Crippen LogP contribution in [0.4, 0.5) is 13.2 Å². The Morgan fingerprint density at radius 3 is 2.21 bits per heavy atom. The number of aromatic nitrogens is 1. The van der Waals surface area contributed by atoms with Crippen molar-refractivity contribution in [1.82, 2.24) is 9.47 Å². The first-order valence-electron chi connectivity index (χ1n) is 8.71. The second-order valence-corrected chi connectivity index (χ2v) is 6.54. The Morgan fingerprint density at radius 1 is 1.14 bits per heavy atom. The fourth-order valence-corrected chi connectivity index (χ4v) is 2.97. The van der Waals surface area contributed by atoms with Gasteiger partial charge in [0.15, 0.2) is 0 Å². The van der Waals surface area contributed by atoms with E-state index in [-0.39, 0.29) is 11.8 Å². The second kappa shape index (κ2) is 9.41. The summed E-state index contributed by atoms with van der Waals surface area (Å²) in [6.45, 7) is 2.72. The number of piperidine rings is 1. The molecule has 1 aromatic heterocycles. The molecule has 0 aliphatic carbocycles. The zero-order valence-corrected chi connectivity index (χ0v) is 15.1. The molecule has 1 saturated heterocycles. The predicted octanol–water partition coefficient (Wildman–Crippen LogP) is 2.81. The number of nitrogens with two attached hydrogens (primary N) is 1. The highest BCUT2D eigenvalue weighted by atomic mass is 19.4. The number of nitrogens with zero attached hydrogens (tertiary/aromatic N) is 2. The van der Waals surface area contributed by atoms with Gasteiger partial charge < -0.3 is 15.4 Å². The van der Waals surface area contributed by atoms with Gasteiger partial charge >= 0.3 is 12.1 Å². The molecule has 1 amide bonds. The molecular weight excluding hydrogens is 375 g/mol. The molecule has 28 heavy (non-hydrogen) atoms. The van der Waals surface area contributed by atoms with Crippen LogP contribution in [-0.4, -0.2) is 45.7 Å². The van der Waals surface area contributed by atoms with E-state index < -0.39 is 12.1 Å². The quantitative estimate of drug-likeness (QED) is 0.830. The van der Waals surface area contributed by atoms with Crippen LogP contribution in [0.25, 0.3) is 5.69 Å². The minimum atomic E-state index is -5.08. The summed E-state index contributed by atoms with van der Waals surface area (Å²) < 4.78 is 33.8. The first kappa shape index (κ1) is 21.5. The zero-order chi connectivity index (χ0) is 20.7. The lowest BCUT2D eigenvalue weighted by Gasteiger charge is -2.31. The molecule has 1 aliphatic rings. The molecule has 1 aromatic carbocycles. The predicted molar refractivity (Wildman–Crippen MR) is 96.7 cm³/mol. The molecular formula is C19H22F3N3O3. The maximum absolute atomic E-state index is 11.3. The molecule has 0 saturated carbocycles. The maximum atomic E-state index is 11.3. The number of alkyl halides is 3. The monoisotopic (exact) mass is 397 g/mol. The van der Waals surface area contributed by atoms with Gasteiger partial charge in [0.05, 0.1) is 5.92 Å². The van der Waals surface area contributed by atoms with Gasteiger partial charge in [0.2, 0.25) is 5.91 Å². The first-order chi connectivity index (χ1) is 13.2. The molecule has 0 radical (unpaired) electrons. The van der Waals surface area contributed by atoms with Gasteiger partial charge in [0, 0.05) is 31.2 Å². The van der Waals surface area contributed by atoms with Crippen molar-refractivity contribution in [3.8, 4) is 5.69 Å². The van der Waals surface area contributed by atoms with Crippen molar-refractivity contribution in [2.45, 2.75) is 25.6 Å². The number of carbonyl (C=O) groups is 2. The fourth-order valence-electron chi connectivity index (χ4n) is 2.97. The molecule has 1 aliphatic heterocycles. The van der Waals surface area contributed by atoms with E-state index in [9.17, 15) is 18.0 Å². The standard InChI is InChI=1S/C17H21N3O.C2HF3O2/c18-17(21)15-4-3-9-19(13-15)12-14-5-7-16(8-6-14)20-10-1-2-11-20;3-2(4,5)1(6)7/h1-2,5-8,10-11,15H,3-4,9,12-13H2,(H2,18,21);(H,6,7). The molecule has 3 rings (SSSR count). The Kier molecular flexibility index (Phi) is 7.22. The number of primary amides is 1. The minimum Gasteiger partial charge on any atom is -0.475 e. The number of halogens is 3. The topological polar surface area (TPSA) is 88.6 Å². The Hall–Kier alpha value is -2.81. The Labute approximate surface area is 160 Å². The summed E-state index contributed by atoms with van der Waals surface area (Å²) in [7, 11) is 0. The highest BCUT2D eigenvalue weighted by Crippen LogP contribution is 2.19. The van der Waals surface area contributed by atoms with Gasteiger partial charge in [0.1, 0.15) is 0 Å². The number of hydrogen-bond donors (Lipinski definition) is 2.